The molecule has 1 atom stereocenters. The zero-order valence-electron chi connectivity index (χ0n) is 11.7. The van der Waals surface area contributed by atoms with E-state index in [1.807, 2.05) is 25.7 Å². The summed E-state index contributed by atoms with van der Waals surface area (Å²) in [6.07, 6.45) is 3.85. The molecule has 0 radical (unpaired) electrons. The first-order chi connectivity index (χ1) is 8.46. The third-order valence-corrected chi connectivity index (χ3v) is 3.64. The van der Waals surface area contributed by atoms with Crippen LogP contribution in [0.4, 0.5) is 0 Å². The van der Waals surface area contributed by atoms with E-state index in [9.17, 15) is 5.11 Å². The average Bonchev–Trinajstić information content (AvgIpc) is 3.07. The van der Waals surface area contributed by atoms with Gasteiger partial charge in [0.15, 0.2) is 5.75 Å². The van der Waals surface area contributed by atoms with Gasteiger partial charge in [-0.05, 0) is 39.8 Å². The molecular formula is C13H23N3O2. The summed E-state index contributed by atoms with van der Waals surface area (Å²) in [5.74, 6) is 1.02. The number of likely N-dealkylation sites (N-methyl/N-ethyl adjacent to an activating group) is 1. The zero-order chi connectivity index (χ0) is 13.3. The van der Waals surface area contributed by atoms with Gasteiger partial charge in [0.1, 0.15) is 11.3 Å². The fraction of sp³-hybridized carbons (Fsp3) is 0.769. The van der Waals surface area contributed by atoms with Crippen LogP contribution in [0.3, 0.4) is 0 Å². The highest BCUT2D eigenvalue weighted by molar-refractivity contribution is 5.32. The Kier molecular flexibility index (Phi) is 3.64. The van der Waals surface area contributed by atoms with E-state index in [1.165, 1.54) is 0 Å². The van der Waals surface area contributed by atoms with Gasteiger partial charge < -0.3 is 14.7 Å². The Balaban J connectivity index is 2.27. The second-order valence-corrected chi connectivity index (χ2v) is 5.51. The van der Waals surface area contributed by atoms with Gasteiger partial charge in [-0.15, -0.1) is 0 Å². The van der Waals surface area contributed by atoms with Crippen molar-refractivity contribution in [1.82, 2.24) is 14.7 Å². The van der Waals surface area contributed by atoms with Crippen LogP contribution in [-0.4, -0.2) is 47.5 Å². The minimum Gasteiger partial charge on any atom is -0.493 e. The molecule has 0 aliphatic heterocycles. The van der Waals surface area contributed by atoms with Gasteiger partial charge in [0.2, 0.25) is 0 Å². The molecule has 1 saturated carbocycles. The normalized spacial score (nSPS) is 19.0. The number of methoxy groups -OCH3 is 1. The van der Waals surface area contributed by atoms with Gasteiger partial charge in [-0.3, -0.25) is 4.68 Å². The van der Waals surface area contributed by atoms with E-state index in [1.54, 1.807) is 13.3 Å². The Hall–Kier alpha value is -1.07. The maximum atomic E-state index is 10.7. The van der Waals surface area contributed by atoms with Gasteiger partial charge in [0.25, 0.3) is 0 Å². The summed E-state index contributed by atoms with van der Waals surface area (Å²) in [6, 6.07) is 0. The zero-order valence-corrected chi connectivity index (χ0v) is 11.7. The third kappa shape index (κ3) is 2.52. The lowest BCUT2D eigenvalue weighted by molar-refractivity contribution is 0.0211. The molecule has 0 bridgehead atoms. The van der Waals surface area contributed by atoms with E-state index < -0.39 is 5.60 Å². The number of hydrogen-bond acceptors (Lipinski definition) is 4. The number of ether oxygens (including phenoxy) is 1. The first kappa shape index (κ1) is 13.4. The topological polar surface area (TPSA) is 50.5 Å². The van der Waals surface area contributed by atoms with Gasteiger partial charge in [0.05, 0.1) is 19.9 Å². The minimum absolute atomic E-state index is 0.334. The molecule has 1 unspecified atom stereocenters. The monoisotopic (exact) mass is 253 g/mol. The van der Waals surface area contributed by atoms with Crippen molar-refractivity contribution >= 4 is 0 Å². The van der Waals surface area contributed by atoms with Crippen LogP contribution in [0.5, 0.6) is 5.75 Å². The molecule has 1 heterocycles. The predicted octanol–water partition coefficient (Wildman–Crippen LogP) is 1.07. The molecule has 1 aromatic rings. The standard InChI is InChI=1S/C13H23N3O2/c1-13(17,10-5-6-10)12-11(18-4)9-14-16(12)8-7-15(2)3/h9-10,17H,5-8H2,1-4H3. The van der Waals surface area contributed by atoms with Crippen molar-refractivity contribution < 1.29 is 9.84 Å². The lowest BCUT2D eigenvalue weighted by Crippen LogP contribution is -2.30. The highest BCUT2D eigenvalue weighted by atomic mass is 16.5. The van der Waals surface area contributed by atoms with E-state index in [-0.39, 0.29) is 0 Å². The Morgan fingerprint density at radius 3 is 2.72 bits per heavy atom. The lowest BCUT2D eigenvalue weighted by atomic mass is 9.95. The number of aliphatic hydroxyl groups is 1. The van der Waals surface area contributed by atoms with Crippen molar-refractivity contribution in [3.63, 3.8) is 0 Å². The van der Waals surface area contributed by atoms with Crippen molar-refractivity contribution in [2.75, 3.05) is 27.7 Å². The van der Waals surface area contributed by atoms with E-state index in [0.717, 1.165) is 31.6 Å². The summed E-state index contributed by atoms with van der Waals surface area (Å²) >= 11 is 0. The summed E-state index contributed by atoms with van der Waals surface area (Å²) in [4.78, 5) is 2.10. The molecule has 0 saturated heterocycles. The van der Waals surface area contributed by atoms with Crippen LogP contribution >= 0.6 is 0 Å². The molecule has 1 fully saturated rings. The first-order valence-corrected chi connectivity index (χ1v) is 6.44. The second kappa shape index (κ2) is 4.90. The molecule has 0 spiro atoms. The Morgan fingerprint density at radius 2 is 2.22 bits per heavy atom. The third-order valence-electron chi connectivity index (χ3n) is 3.64. The molecule has 1 aromatic heterocycles. The largest absolute Gasteiger partial charge is 0.493 e. The highest BCUT2D eigenvalue weighted by Crippen LogP contribution is 2.47. The van der Waals surface area contributed by atoms with Crippen LogP contribution in [0.25, 0.3) is 0 Å². The van der Waals surface area contributed by atoms with E-state index >= 15 is 0 Å². The van der Waals surface area contributed by atoms with Gasteiger partial charge >= 0.3 is 0 Å². The molecule has 0 amide bonds. The highest BCUT2D eigenvalue weighted by Gasteiger charge is 2.45. The van der Waals surface area contributed by atoms with Crippen LogP contribution in [0.1, 0.15) is 25.5 Å². The fourth-order valence-electron chi connectivity index (χ4n) is 2.33. The van der Waals surface area contributed by atoms with Crippen molar-refractivity contribution in [3.05, 3.63) is 11.9 Å². The maximum Gasteiger partial charge on any atom is 0.162 e. The van der Waals surface area contributed by atoms with E-state index in [0.29, 0.717) is 11.7 Å². The van der Waals surface area contributed by atoms with Gasteiger partial charge in [-0.25, -0.2) is 0 Å². The number of nitrogens with zero attached hydrogens (tertiary/aromatic N) is 3. The van der Waals surface area contributed by atoms with Crippen molar-refractivity contribution in [3.8, 4) is 5.75 Å². The smallest absolute Gasteiger partial charge is 0.162 e. The summed E-state index contributed by atoms with van der Waals surface area (Å²) in [6.45, 7) is 3.52. The maximum absolute atomic E-state index is 10.7. The SMILES string of the molecule is COc1cnn(CCN(C)C)c1C(C)(O)C1CC1. The Morgan fingerprint density at radius 1 is 1.56 bits per heavy atom. The van der Waals surface area contributed by atoms with Gasteiger partial charge in [-0.2, -0.15) is 5.10 Å². The van der Waals surface area contributed by atoms with Crippen molar-refractivity contribution in [1.29, 1.82) is 0 Å². The molecule has 2 rings (SSSR count). The average molecular weight is 253 g/mol. The van der Waals surface area contributed by atoms with Gasteiger partial charge in [0, 0.05) is 6.54 Å². The van der Waals surface area contributed by atoms with Gasteiger partial charge in [-0.1, -0.05) is 0 Å². The summed E-state index contributed by atoms with van der Waals surface area (Å²) < 4.78 is 7.21. The van der Waals surface area contributed by atoms with E-state index in [4.69, 9.17) is 4.74 Å². The predicted molar refractivity (Wildman–Crippen MR) is 69.6 cm³/mol. The first-order valence-electron chi connectivity index (χ1n) is 6.44. The summed E-state index contributed by atoms with van der Waals surface area (Å²) in [7, 11) is 5.68. The molecule has 5 heteroatoms. The van der Waals surface area contributed by atoms with Crippen LogP contribution in [0.2, 0.25) is 0 Å². The number of hydrogen-bond donors (Lipinski definition) is 1. The summed E-state index contributed by atoms with van der Waals surface area (Å²) in [5, 5.41) is 15.1. The van der Waals surface area contributed by atoms with Crippen molar-refractivity contribution in [2.24, 2.45) is 5.92 Å². The van der Waals surface area contributed by atoms with Crippen molar-refractivity contribution in [2.45, 2.75) is 31.9 Å². The van der Waals surface area contributed by atoms with Crippen LogP contribution in [0, 0.1) is 5.92 Å². The number of rotatable bonds is 6. The fourth-order valence-corrected chi connectivity index (χ4v) is 2.33. The molecular weight excluding hydrogens is 230 g/mol. The molecule has 1 N–H and O–H groups in total. The van der Waals surface area contributed by atoms with E-state index in [2.05, 4.69) is 10.00 Å². The van der Waals surface area contributed by atoms with Crippen LogP contribution in [0.15, 0.2) is 6.20 Å². The molecule has 1 aliphatic rings. The molecule has 5 nitrogen and oxygen atoms in total. The van der Waals surface area contributed by atoms with Crippen LogP contribution < -0.4 is 4.74 Å². The second-order valence-electron chi connectivity index (χ2n) is 5.51. The Bertz CT molecular complexity index is 408. The summed E-state index contributed by atoms with van der Waals surface area (Å²) in [5.41, 5.74) is -0.0249. The number of aromatic nitrogens is 2. The van der Waals surface area contributed by atoms with Crippen LogP contribution in [-0.2, 0) is 12.1 Å². The molecule has 0 aromatic carbocycles. The molecule has 18 heavy (non-hydrogen) atoms. The molecule has 1 aliphatic carbocycles. The molecule has 102 valence electrons. The minimum atomic E-state index is -0.839. The Labute approximate surface area is 108 Å². The quantitative estimate of drug-likeness (QED) is 0.824. The lowest BCUT2D eigenvalue weighted by Gasteiger charge is -2.25.